The number of furan rings is 1. The molecule has 0 aliphatic rings. The smallest absolute Gasteiger partial charge is 0.285 e. The average molecular weight is 349 g/mol. The summed E-state index contributed by atoms with van der Waals surface area (Å²) in [7, 11) is 1.52. The Morgan fingerprint density at radius 3 is 2.72 bits per heavy atom. The number of nitrogens with zero attached hydrogens (tertiary/aromatic N) is 3. The molecule has 0 saturated heterocycles. The highest BCUT2D eigenvalue weighted by molar-refractivity contribution is 5.76. The number of amides is 1. The molecule has 0 N–H and O–H groups in total. The molecule has 0 bridgehead atoms. The minimum atomic E-state index is -0.616. The molecule has 0 saturated carbocycles. The summed E-state index contributed by atoms with van der Waals surface area (Å²) in [6.45, 7) is 2.34. The Balaban J connectivity index is 2.17. The summed E-state index contributed by atoms with van der Waals surface area (Å²) in [6, 6.07) is 5.74. The van der Waals surface area contributed by atoms with Gasteiger partial charge in [-0.1, -0.05) is 0 Å². The minimum absolute atomic E-state index is 0.222. The van der Waals surface area contributed by atoms with Crippen LogP contribution in [0, 0.1) is 17.0 Å². The Morgan fingerprint density at radius 2 is 2.12 bits per heavy atom. The summed E-state index contributed by atoms with van der Waals surface area (Å²) in [4.78, 5) is 36.1. The van der Waals surface area contributed by atoms with Gasteiger partial charge in [0.2, 0.25) is 5.91 Å². The first-order valence-electron chi connectivity index (χ1n) is 7.57. The van der Waals surface area contributed by atoms with Crippen LogP contribution in [0.3, 0.4) is 0 Å². The van der Waals surface area contributed by atoms with Crippen LogP contribution in [0.1, 0.15) is 11.5 Å². The molecule has 25 heavy (non-hydrogen) atoms. The Bertz CT molecular complexity index is 810. The van der Waals surface area contributed by atoms with E-state index in [1.807, 2.05) is 0 Å². The first kappa shape index (κ1) is 18.4. The number of hydrogen-bond acceptors (Lipinski definition) is 6. The van der Waals surface area contributed by atoms with Crippen molar-refractivity contribution in [2.24, 2.45) is 0 Å². The second kappa shape index (κ2) is 8.25. The van der Waals surface area contributed by atoms with Crippen molar-refractivity contribution in [1.29, 1.82) is 0 Å². The van der Waals surface area contributed by atoms with Crippen LogP contribution >= 0.6 is 0 Å². The van der Waals surface area contributed by atoms with E-state index in [4.69, 9.17) is 9.15 Å². The van der Waals surface area contributed by atoms with Crippen LogP contribution < -0.4 is 5.56 Å². The van der Waals surface area contributed by atoms with Gasteiger partial charge in [-0.05, 0) is 19.1 Å². The standard InChI is InChI=1S/C16H19N3O6/c1-12-3-5-14(25-12)10-17(7-8-24-2)16(21)11-18-9-13(19(22)23)4-6-15(18)20/h3-6,9H,7-8,10-11H2,1-2H3. The summed E-state index contributed by atoms with van der Waals surface area (Å²) in [6.07, 6.45) is 1.06. The van der Waals surface area contributed by atoms with Gasteiger partial charge in [-0.3, -0.25) is 24.3 Å². The fourth-order valence-electron chi connectivity index (χ4n) is 2.25. The molecule has 134 valence electrons. The summed E-state index contributed by atoms with van der Waals surface area (Å²) >= 11 is 0. The zero-order valence-electron chi connectivity index (χ0n) is 14.0. The first-order valence-corrected chi connectivity index (χ1v) is 7.57. The molecule has 9 nitrogen and oxygen atoms in total. The maximum Gasteiger partial charge on any atom is 0.285 e. The van der Waals surface area contributed by atoms with Crippen LogP contribution in [0.2, 0.25) is 0 Å². The number of pyridine rings is 1. The van der Waals surface area contributed by atoms with Crippen molar-refractivity contribution in [2.75, 3.05) is 20.3 Å². The molecule has 2 aromatic rings. The normalized spacial score (nSPS) is 10.6. The van der Waals surface area contributed by atoms with Gasteiger partial charge >= 0.3 is 0 Å². The third-order valence-electron chi connectivity index (χ3n) is 3.55. The van der Waals surface area contributed by atoms with Gasteiger partial charge < -0.3 is 14.1 Å². The monoisotopic (exact) mass is 349 g/mol. The van der Waals surface area contributed by atoms with E-state index >= 15 is 0 Å². The van der Waals surface area contributed by atoms with Crippen molar-refractivity contribution in [1.82, 2.24) is 9.47 Å². The molecule has 9 heteroatoms. The second-order valence-electron chi connectivity index (χ2n) is 5.43. The summed E-state index contributed by atoms with van der Waals surface area (Å²) < 4.78 is 11.5. The zero-order chi connectivity index (χ0) is 18.4. The molecule has 0 unspecified atom stereocenters. The van der Waals surface area contributed by atoms with E-state index in [1.54, 1.807) is 19.1 Å². The van der Waals surface area contributed by atoms with Crippen molar-refractivity contribution in [3.63, 3.8) is 0 Å². The number of hydrogen-bond donors (Lipinski definition) is 0. The fraction of sp³-hybridized carbons (Fsp3) is 0.375. The predicted octanol–water partition coefficient (Wildman–Crippen LogP) is 1.33. The predicted molar refractivity (Wildman–Crippen MR) is 88.1 cm³/mol. The fourth-order valence-corrected chi connectivity index (χ4v) is 2.25. The molecule has 0 spiro atoms. The molecule has 0 aliphatic heterocycles. The van der Waals surface area contributed by atoms with Crippen LogP contribution in [-0.4, -0.2) is 40.6 Å². The number of aromatic nitrogens is 1. The van der Waals surface area contributed by atoms with Gasteiger partial charge in [0.1, 0.15) is 18.1 Å². The van der Waals surface area contributed by atoms with E-state index in [1.165, 1.54) is 12.0 Å². The zero-order valence-corrected chi connectivity index (χ0v) is 14.0. The molecule has 2 aromatic heterocycles. The van der Waals surface area contributed by atoms with E-state index in [9.17, 15) is 19.7 Å². The van der Waals surface area contributed by atoms with Crippen LogP contribution in [0.5, 0.6) is 0 Å². The summed E-state index contributed by atoms with van der Waals surface area (Å²) in [5.74, 6) is 0.964. The van der Waals surface area contributed by atoms with Crippen molar-refractivity contribution in [3.8, 4) is 0 Å². The third-order valence-corrected chi connectivity index (χ3v) is 3.55. The Morgan fingerprint density at radius 1 is 1.36 bits per heavy atom. The van der Waals surface area contributed by atoms with E-state index in [-0.39, 0.29) is 24.7 Å². The SMILES string of the molecule is COCCN(Cc1ccc(C)o1)C(=O)Cn1cc([N+](=O)[O-])ccc1=O. The van der Waals surface area contributed by atoms with Crippen molar-refractivity contribution < 1.29 is 18.9 Å². The highest BCUT2D eigenvalue weighted by Gasteiger charge is 2.18. The van der Waals surface area contributed by atoms with Gasteiger partial charge in [-0.25, -0.2) is 0 Å². The van der Waals surface area contributed by atoms with Crippen LogP contribution in [-0.2, 0) is 22.6 Å². The number of aryl methyl sites for hydroxylation is 1. The highest BCUT2D eigenvalue weighted by Crippen LogP contribution is 2.11. The van der Waals surface area contributed by atoms with E-state index in [2.05, 4.69) is 0 Å². The summed E-state index contributed by atoms with van der Waals surface area (Å²) in [5, 5.41) is 10.8. The second-order valence-corrected chi connectivity index (χ2v) is 5.43. The van der Waals surface area contributed by atoms with Crippen molar-refractivity contribution in [2.45, 2.75) is 20.0 Å². The van der Waals surface area contributed by atoms with Crippen LogP contribution in [0.25, 0.3) is 0 Å². The first-order chi connectivity index (χ1) is 11.9. The molecule has 2 heterocycles. The molecular weight excluding hydrogens is 330 g/mol. The lowest BCUT2D eigenvalue weighted by atomic mass is 10.3. The Labute approximate surface area is 143 Å². The third kappa shape index (κ3) is 5.01. The number of carbonyl (C=O) groups excluding carboxylic acids is 1. The molecule has 0 fully saturated rings. The molecule has 0 aromatic carbocycles. The largest absolute Gasteiger partial charge is 0.464 e. The number of nitro groups is 1. The Kier molecular flexibility index (Phi) is 6.07. The number of carbonyl (C=O) groups is 1. The van der Waals surface area contributed by atoms with E-state index < -0.39 is 10.5 Å². The molecule has 1 amide bonds. The number of ether oxygens (including phenoxy) is 1. The lowest BCUT2D eigenvalue weighted by Gasteiger charge is -2.21. The van der Waals surface area contributed by atoms with Gasteiger partial charge in [0.15, 0.2) is 0 Å². The van der Waals surface area contributed by atoms with Crippen molar-refractivity contribution >= 4 is 11.6 Å². The van der Waals surface area contributed by atoms with Gasteiger partial charge in [0, 0.05) is 25.8 Å². The van der Waals surface area contributed by atoms with Crippen molar-refractivity contribution in [3.05, 3.63) is 62.5 Å². The lowest BCUT2D eigenvalue weighted by molar-refractivity contribution is -0.385. The maximum atomic E-state index is 12.6. The van der Waals surface area contributed by atoms with Gasteiger partial charge in [-0.2, -0.15) is 0 Å². The minimum Gasteiger partial charge on any atom is -0.464 e. The van der Waals surface area contributed by atoms with E-state index in [0.717, 1.165) is 28.7 Å². The molecule has 0 radical (unpaired) electrons. The quantitative estimate of drug-likeness (QED) is 0.525. The number of rotatable bonds is 8. The molecular formula is C16H19N3O6. The van der Waals surface area contributed by atoms with Gasteiger partial charge in [-0.15, -0.1) is 0 Å². The topological polar surface area (TPSA) is 108 Å². The molecule has 2 rings (SSSR count). The Hall–Kier alpha value is -2.94. The van der Waals surface area contributed by atoms with Crippen LogP contribution in [0.4, 0.5) is 5.69 Å². The average Bonchev–Trinajstić information content (AvgIpc) is 2.98. The van der Waals surface area contributed by atoms with Gasteiger partial charge in [0.05, 0.1) is 24.3 Å². The maximum absolute atomic E-state index is 12.6. The summed E-state index contributed by atoms with van der Waals surface area (Å²) in [5.41, 5.74) is -0.739. The van der Waals surface area contributed by atoms with Crippen LogP contribution in [0.15, 0.2) is 39.7 Å². The molecule has 0 aliphatic carbocycles. The van der Waals surface area contributed by atoms with E-state index in [0.29, 0.717) is 18.9 Å². The lowest BCUT2D eigenvalue weighted by Crippen LogP contribution is -2.37. The number of methoxy groups -OCH3 is 1. The highest BCUT2D eigenvalue weighted by atomic mass is 16.6. The molecule has 0 atom stereocenters. The van der Waals surface area contributed by atoms with Gasteiger partial charge in [0.25, 0.3) is 11.2 Å².